The third-order valence-corrected chi connectivity index (χ3v) is 3.12. The quantitative estimate of drug-likeness (QED) is 0.820. The number of rotatable bonds is 1. The Balaban J connectivity index is 2.42. The van der Waals surface area contributed by atoms with Crippen molar-refractivity contribution < 1.29 is 4.39 Å². The van der Waals surface area contributed by atoms with E-state index in [0.717, 1.165) is 0 Å². The van der Waals surface area contributed by atoms with Crippen LogP contribution in [0.2, 0.25) is 0 Å². The SMILES string of the molecule is CCN1NC(C)c2nc3cccc(F)c3c(=O)n21. The Morgan fingerprint density at radius 2 is 2.28 bits per heavy atom. The predicted molar refractivity (Wildman–Crippen MR) is 66.3 cm³/mol. The standard InChI is InChI=1S/C12H13FN4O/c1-3-16-15-7(2)11-14-9-6-4-5-8(13)10(9)12(18)17(11)16/h4-7,15H,3H2,1-2H3. The van der Waals surface area contributed by atoms with Gasteiger partial charge in [0, 0.05) is 6.54 Å². The topological polar surface area (TPSA) is 50.2 Å². The van der Waals surface area contributed by atoms with Crippen molar-refractivity contribution in [1.29, 1.82) is 0 Å². The van der Waals surface area contributed by atoms with Gasteiger partial charge in [-0.3, -0.25) is 4.79 Å². The third kappa shape index (κ3) is 1.35. The van der Waals surface area contributed by atoms with Crippen LogP contribution in [0.3, 0.4) is 0 Å². The van der Waals surface area contributed by atoms with E-state index in [-0.39, 0.29) is 17.0 Å². The number of fused-ring (bicyclic) bond motifs is 2. The van der Waals surface area contributed by atoms with Gasteiger partial charge in [-0.2, -0.15) is 4.68 Å². The van der Waals surface area contributed by atoms with E-state index in [4.69, 9.17) is 0 Å². The smallest absolute Gasteiger partial charge is 0.266 e. The maximum Gasteiger partial charge on any atom is 0.284 e. The molecule has 1 N–H and O–H groups in total. The van der Waals surface area contributed by atoms with Gasteiger partial charge in [0.05, 0.1) is 11.6 Å². The first-order valence-electron chi connectivity index (χ1n) is 5.88. The molecule has 94 valence electrons. The first-order chi connectivity index (χ1) is 8.63. The Labute approximate surface area is 103 Å². The summed E-state index contributed by atoms with van der Waals surface area (Å²) >= 11 is 0. The van der Waals surface area contributed by atoms with Crippen LogP contribution in [-0.4, -0.2) is 16.2 Å². The van der Waals surface area contributed by atoms with E-state index in [1.165, 1.54) is 10.7 Å². The van der Waals surface area contributed by atoms with Crippen molar-refractivity contribution in [3.05, 3.63) is 40.2 Å². The van der Waals surface area contributed by atoms with Gasteiger partial charge in [-0.25, -0.2) is 19.9 Å². The monoisotopic (exact) mass is 248 g/mol. The zero-order valence-electron chi connectivity index (χ0n) is 10.1. The van der Waals surface area contributed by atoms with Crippen LogP contribution in [0.1, 0.15) is 25.7 Å². The second kappa shape index (κ2) is 3.78. The van der Waals surface area contributed by atoms with Crippen LogP contribution in [0.5, 0.6) is 0 Å². The number of hydrogen-bond acceptors (Lipinski definition) is 4. The highest BCUT2D eigenvalue weighted by Crippen LogP contribution is 2.19. The number of aromatic nitrogens is 2. The Hall–Kier alpha value is -1.95. The minimum atomic E-state index is -0.532. The van der Waals surface area contributed by atoms with Gasteiger partial charge in [-0.15, -0.1) is 0 Å². The molecule has 0 bridgehead atoms. The molecule has 3 rings (SSSR count). The van der Waals surface area contributed by atoms with Crippen molar-refractivity contribution in [2.75, 3.05) is 11.7 Å². The molecule has 0 spiro atoms. The number of nitrogens with one attached hydrogen (secondary N) is 1. The summed E-state index contributed by atoms with van der Waals surface area (Å²) in [6, 6.07) is 4.43. The minimum Gasteiger partial charge on any atom is -0.266 e. The van der Waals surface area contributed by atoms with E-state index in [0.29, 0.717) is 17.9 Å². The lowest BCUT2D eigenvalue weighted by atomic mass is 10.2. The highest BCUT2D eigenvalue weighted by Gasteiger charge is 2.28. The Morgan fingerprint density at radius 1 is 1.50 bits per heavy atom. The van der Waals surface area contributed by atoms with Crippen molar-refractivity contribution in [3.63, 3.8) is 0 Å². The summed E-state index contributed by atoms with van der Waals surface area (Å²) in [5.41, 5.74) is 3.15. The third-order valence-electron chi connectivity index (χ3n) is 3.12. The average Bonchev–Trinajstić information content (AvgIpc) is 2.67. The number of halogens is 1. The lowest BCUT2D eigenvalue weighted by Gasteiger charge is -2.18. The molecule has 1 unspecified atom stereocenters. The van der Waals surface area contributed by atoms with Crippen molar-refractivity contribution in [2.24, 2.45) is 0 Å². The highest BCUT2D eigenvalue weighted by atomic mass is 19.1. The molecule has 0 amide bonds. The van der Waals surface area contributed by atoms with Crippen molar-refractivity contribution in [3.8, 4) is 0 Å². The summed E-state index contributed by atoms with van der Waals surface area (Å²) in [4.78, 5) is 16.7. The van der Waals surface area contributed by atoms with Crippen LogP contribution in [0, 0.1) is 5.82 Å². The molecule has 1 aliphatic heterocycles. The fourth-order valence-corrected chi connectivity index (χ4v) is 2.28. The maximum absolute atomic E-state index is 13.8. The summed E-state index contributed by atoms with van der Waals surface area (Å²) < 4.78 is 15.2. The molecule has 6 heteroatoms. The van der Waals surface area contributed by atoms with E-state index in [1.807, 2.05) is 13.8 Å². The van der Waals surface area contributed by atoms with Gasteiger partial charge in [0.1, 0.15) is 11.2 Å². The Kier molecular flexibility index (Phi) is 2.34. The lowest BCUT2D eigenvalue weighted by molar-refractivity contribution is 0.522. The second-order valence-electron chi connectivity index (χ2n) is 4.29. The molecular formula is C12H13FN4O. The number of hydrogen-bond donors (Lipinski definition) is 1. The van der Waals surface area contributed by atoms with Crippen LogP contribution in [-0.2, 0) is 0 Å². The zero-order valence-corrected chi connectivity index (χ0v) is 10.1. The molecule has 0 fully saturated rings. The summed E-state index contributed by atoms with van der Waals surface area (Å²) in [5.74, 6) is 0.0795. The number of hydrazine groups is 1. The molecule has 0 saturated carbocycles. The molecule has 0 saturated heterocycles. The lowest BCUT2D eigenvalue weighted by Crippen LogP contribution is -2.45. The largest absolute Gasteiger partial charge is 0.284 e. The first kappa shape index (κ1) is 11.2. The number of benzene rings is 1. The molecule has 1 aromatic heterocycles. The molecule has 1 aromatic carbocycles. The fraction of sp³-hybridized carbons (Fsp3) is 0.333. The molecule has 18 heavy (non-hydrogen) atoms. The van der Waals surface area contributed by atoms with Gasteiger partial charge >= 0.3 is 0 Å². The molecule has 1 atom stereocenters. The van der Waals surface area contributed by atoms with Gasteiger partial charge in [0.25, 0.3) is 5.56 Å². The summed E-state index contributed by atoms with van der Waals surface area (Å²) in [5, 5.41) is 1.69. The van der Waals surface area contributed by atoms with E-state index in [2.05, 4.69) is 10.4 Å². The van der Waals surface area contributed by atoms with Crippen molar-refractivity contribution >= 4 is 10.9 Å². The minimum absolute atomic E-state index is 0.0376. The Morgan fingerprint density at radius 3 is 3.00 bits per heavy atom. The van der Waals surface area contributed by atoms with Gasteiger partial charge < -0.3 is 0 Å². The number of nitrogens with zero attached hydrogens (tertiary/aromatic N) is 3. The predicted octanol–water partition coefficient (Wildman–Crippen LogP) is 1.07. The fourth-order valence-electron chi connectivity index (χ4n) is 2.28. The highest BCUT2D eigenvalue weighted by molar-refractivity contribution is 5.78. The Bertz CT molecular complexity index is 682. The summed E-state index contributed by atoms with van der Waals surface area (Å²) in [6.45, 7) is 4.42. The normalized spacial score (nSPS) is 18.4. The van der Waals surface area contributed by atoms with Gasteiger partial charge in [-0.1, -0.05) is 6.07 Å². The molecular weight excluding hydrogens is 235 g/mol. The van der Waals surface area contributed by atoms with Crippen LogP contribution in [0.4, 0.5) is 4.39 Å². The molecule has 1 aliphatic rings. The molecule has 0 radical (unpaired) electrons. The summed E-state index contributed by atoms with van der Waals surface area (Å²) in [6.07, 6.45) is 0. The van der Waals surface area contributed by atoms with E-state index in [9.17, 15) is 9.18 Å². The van der Waals surface area contributed by atoms with Crippen molar-refractivity contribution in [1.82, 2.24) is 15.1 Å². The van der Waals surface area contributed by atoms with E-state index >= 15 is 0 Å². The zero-order chi connectivity index (χ0) is 12.9. The molecule has 2 heterocycles. The van der Waals surface area contributed by atoms with Crippen LogP contribution in [0.15, 0.2) is 23.0 Å². The molecule has 5 nitrogen and oxygen atoms in total. The summed E-state index contributed by atoms with van der Waals surface area (Å²) in [7, 11) is 0. The van der Waals surface area contributed by atoms with Gasteiger partial charge in [0.2, 0.25) is 0 Å². The first-order valence-corrected chi connectivity index (χ1v) is 5.88. The van der Waals surface area contributed by atoms with Crippen LogP contribution in [0.25, 0.3) is 10.9 Å². The average molecular weight is 248 g/mol. The van der Waals surface area contributed by atoms with Crippen molar-refractivity contribution in [2.45, 2.75) is 19.9 Å². The van der Waals surface area contributed by atoms with Crippen LogP contribution >= 0.6 is 0 Å². The van der Waals surface area contributed by atoms with Gasteiger partial charge in [0.15, 0.2) is 5.82 Å². The maximum atomic E-state index is 13.8. The van der Waals surface area contributed by atoms with E-state index in [1.54, 1.807) is 17.3 Å². The van der Waals surface area contributed by atoms with Gasteiger partial charge in [-0.05, 0) is 26.0 Å². The van der Waals surface area contributed by atoms with E-state index < -0.39 is 5.82 Å². The molecule has 0 aliphatic carbocycles. The van der Waals surface area contributed by atoms with Crippen LogP contribution < -0.4 is 16.1 Å². The molecule has 2 aromatic rings. The second-order valence-corrected chi connectivity index (χ2v) is 4.29.